The predicted octanol–water partition coefficient (Wildman–Crippen LogP) is 3.70. The highest BCUT2D eigenvalue weighted by molar-refractivity contribution is 5.94. The van der Waals surface area contributed by atoms with Crippen LogP contribution in [-0.4, -0.2) is 39.1 Å². The quantitative estimate of drug-likeness (QED) is 0.752. The Kier molecular flexibility index (Phi) is 3.99. The summed E-state index contributed by atoms with van der Waals surface area (Å²) in [7, 11) is 0. The van der Waals surface area contributed by atoms with E-state index in [0.717, 1.165) is 67.0 Å². The van der Waals surface area contributed by atoms with Gasteiger partial charge in [-0.05, 0) is 50.2 Å². The maximum absolute atomic E-state index is 13.0. The van der Waals surface area contributed by atoms with E-state index < -0.39 is 0 Å². The van der Waals surface area contributed by atoms with Gasteiger partial charge in [-0.25, -0.2) is 4.98 Å². The third-order valence-corrected chi connectivity index (χ3v) is 6.04. The molecule has 1 atom stereocenters. The molecule has 5 rings (SSSR count). The van der Waals surface area contributed by atoms with Gasteiger partial charge in [0.25, 0.3) is 5.91 Å². The fourth-order valence-corrected chi connectivity index (χ4v) is 4.39. The number of hydrogen-bond donors (Lipinski definition) is 1. The summed E-state index contributed by atoms with van der Waals surface area (Å²) in [5, 5.41) is 7.46. The summed E-state index contributed by atoms with van der Waals surface area (Å²) in [6.07, 6.45) is 4.87. The van der Waals surface area contributed by atoms with Crippen molar-refractivity contribution in [3.63, 3.8) is 0 Å². The minimum atomic E-state index is 0.0672. The number of piperidine rings is 1. The van der Waals surface area contributed by atoms with Crippen LogP contribution in [0.3, 0.4) is 0 Å². The molecule has 1 aliphatic heterocycles. The highest BCUT2D eigenvalue weighted by Crippen LogP contribution is 2.32. The van der Waals surface area contributed by atoms with E-state index in [1.165, 1.54) is 6.42 Å². The molecule has 3 aromatic rings. The average molecular weight is 364 g/mol. The lowest BCUT2D eigenvalue weighted by atomic mass is 9.87. The Morgan fingerprint density at radius 2 is 2.04 bits per heavy atom. The molecule has 2 aromatic heterocycles. The van der Waals surface area contributed by atoms with Crippen LogP contribution in [0, 0.1) is 5.92 Å². The zero-order valence-corrected chi connectivity index (χ0v) is 15.6. The zero-order valence-electron chi connectivity index (χ0n) is 15.6. The van der Waals surface area contributed by atoms with E-state index in [4.69, 9.17) is 4.42 Å². The molecule has 0 bridgehead atoms. The van der Waals surface area contributed by atoms with Crippen molar-refractivity contribution in [3.8, 4) is 0 Å². The number of H-pyrrole nitrogens is 1. The number of carbonyl (C=O) groups excluding carboxylic acids is 1. The van der Waals surface area contributed by atoms with Crippen LogP contribution in [0.1, 0.15) is 59.7 Å². The van der Waals surface area contributed by atoms with E-state index in [1.807, 2.05) is 29.2 Å². The Hall–Kier alpha value is -2.63. The number of fused-ring (bicyclic) bond motifs is 2. The van der Waals surface area contributed by atoms with E-state index in [-0.39, 0.29) is 11.8 Å². The summed E-state index contributed by atoms with van der Waals surface area (Å²) < 4.78 is 5.93. The normalized spacial score (nSPS) is 20.8. The molecule has 3 heterocycles. The molecule has 0 radical (unpaired) electrons. The highest BCUT2D eigenvalue weighted by atomic mass is 16.3. The van der Waals surface area contributed by atoms with Crippen molar-refractivity contribution in [2.45, 2.75) is 44.9 Å². The van der Waals surface area contributed by atoms with Crippen LogP contribution < -0.4 is 0 Å². The first-order valence-corrected chi connectivity index (χ1v) is 9.90. The number of rotatable bonds is 2. The SMILES string of the molecule is C[C@@H]1CCc2[nH]nc(C(=O)N3CCC(c4nc5ccccc5o4)CC3)c2C1. The Morgan fingerprint density at radius 3 is 2.85 bits per heavy atom. The van der Waals surface area contributed by atoms with Crippen molar-refractivity contribution < 1.29 is 9.21 Å². The topological polar surface area (TPSA) is 75.0 Å². The Bertz CT molecular complexity index is 948. The van der Waals surface area contributed by atoms with Crippen molar-refractivity contribution in [3.05, 3.63) is 47.1 Å². The lowest BCUT2D eigenvalue weighted by Crippen LogP contribution is -2.38. The van der Waals surface area contributed by atoms with Gasteiger partial charge in [0, 0.05) is 30.3 Å². The summed E-state index contributed by atoms with van der Waals surface area (Å²) >= 11 is 0. The molecule has 6 heteroatoms. The number of nitrogens with one attached hydrogen (secondary N) is 1. The molecule has 0 saturated carbocycles. The first-order chi connectivity index (χ1) is 13.2. The van der Waals surface area contributed by atoms with E-state index in [0.29, 0.717) is 11.6 Å². The number of likely N-dealkylation sites (tertiary alicyclic amines) is 1. The summed E-state index contributed by atoms with van der Waals surface area (Å²) in [5.41, 5.74) is 4.67. The van der Waals surface area contributed by atoms with Crippen molar-refractivity contribution in [1.82, 2.24) is 20.1 Å². The van der Waals surface area contributed by atoms with Crippen molar-refractivity contribution in [2.75, 3.05) is 13.1 Å². The largest absolute Gasteiger partial charge is 0.440 e. The molecule has 2 aliphatic rings. The number of oxazole rings is 1. The van der Waals surface area contributed by atoms with Crippen LogP contribution in [0.2, 0.25) is 0 Å². The van der Waals surface area contributed by atoms with Gasteiger partial charge in [-0.15, -0.1) is 0 Å². The Labute approximate surface area is 158 Å². The fourth-order valence-electron chi connectivity index (χ4n) is 4.39. The Balaban J connectivity index is 1.29. The number of para-hydroxylation sites is 2. The monoisotopic (exact) mass is 364 g/mol. The molecule has 1 N–H and O–H groups in total. The van der Waals surface area contributed by atoms with E-state index in [1.54, 1.807) is 0 Å². The molecule has 1 aromatic carbocycles. The van der Waals surface area contributed by atoms with Gasteiger partial charge >= 0.3 is 0 Å². The third kappa shape index (κ3) is 2.93. The first kappa shape index (κ1) is 16.5. The zero-order chi connectivity index (χ0) is 18.4. The smallest absolute Gasteiger partial charge is 0.274 e. The van der Waals surface area contributed by atoms with Crippen LogP contribution in [0.4, 0.5) is 0 Å². The van der Waals surface area contributed by atoms with Gasteiger partial charge in [-0.3, -0.25) is 9.89 Å². The van der Waals surface area contributed by atoms with Gasteiger partial charge in [-0.2, -0.15) is 5.10 Å². The van der Waals surface area contributed by atoms with Crippen LogP contribution in [0.5, 0.6) is 0 Å². The van der Waals surface area contributed by atoms with Crippen molar-refractivity contribution >= 4 is 17.0 Å². The number of hydrogen-bond acceptors (Lipinski definition) is 4. The number of nitrogens with zero attached hydrogens (tertiary/aromatic N) is 3. The lowest BCUT2D eigenvalue weighted by molar-refractivity contribution is 0.0699. The molecule has 6 nitrogen and oxygen atoms in total. The summed E-state index contributed by atoms with van der Waals surface area (Å²) in [4.78, 5) is 19.6. The molecule has 0 spiro atoms. The second-order valence-corrected chi connectivity index (χ2v) is 7.96. The van der Waals surface area contributed by atoms with Crippen molar-refractivity contribution in [2.24, 2.45) is 5.92 Å². The maximum Gasteiger partial charge on any atom is 0.274 e. The summed E-state index contributed by atoms with van der Waals surface area (Å²) in [6.45, 7) is 3.69. The van der Waals surface area contributed by atoms with E-state index in [9.17, 15) is 4.79 Å². The van der Waals surface area contributed by atoms with Gasteiger partial charge in [0.15, 0.2) is 17.2 Å². The average Bonchev–Trinajstić information content (AvgIpc) is 3.31. The standard InChI is InChI=1S/C21H24N4O2/c1-13-6-7-16-15(12-13)19(24-23-16)21(26)25-10-8-14(9-11-25)20-22-17-4-2-3-5-18(17)27-20/h2-5,13-14H,6-12H2,1H3,(H,23,24)/t13-/m1/s1. The van der Waals surface area contributed by atoms with Crippen LogP contribution in [0.25, 0.3) is 11.1 Å². The number of benzene rings is 1. The molecule has 1 amide bonds. The molecule has 27 heavy (non-hydrogen) atoms. The summed E-state index contributed by atoms with van der Waals surface area (Å²) in [6, 6.07) is 7.86. The van der Waals surface area contributed by atoms with Crippen molar-refractivity contribution in [1.29, 1.82) is 0 Å². The van der Waals surface area contributed by atoms with Gasteiger partial charge in [0.1, 0.15) is 5.52 Å². The number of aromatic amines is 1. The number of aryl methyl sites for hydroxylation is 1. The molecule has 1 fully saturated rings. The maximum atomic E-state index is 13.0. The molecular weight excluding hydrogens is 340 g/mol. The summed E-state index contributed by atoms with van der Waals surface area (Å²) in [5.74, 6) is 1.76. The highest BCUT2D eigenvalue weighted by Gasteiger charge is 2.31. The molecule has 140 valence electrons. The van der Waals surface area contributed by atoms with Crippen LogP contribution in [0.15, 0.2) is 28.7 Å². The fraction of sp³-hybridized carbons (Fsp3) is 0.476. The third-order valence-electron chi connectivity index (χ3n) is 6.04. The van der Waals surface area contributed by atoms with Gasteiger partial charge < -0.3 is 9.32 Å². The minimum absolute atomic E-state index is 0.0672. The van der Waals surface area contributed by atoms with Crippen LogP contribution in [-0.2, 0) is 12.8 Å². The van der Waals surface area contributed by atoms with E-state index in [2.05, 4.69) is 22.1 Å². The van der Waals surface area contributed by atoms with Gasteiger partial charge in [0.05, 0.1) is 0 Å². The Morgan fingerprint density at radius 1 is 1.22 bits per heavy atom. The molecule has 0 unspecified atom stereocenters. The molecule has 1 saturated heterocycles. The van der Waals surface area contributed by atoms with Gasteiger partial charge in [-0.1, -0.05) is 19.1 Å². The first-order valence-electron chi connectivity index (χ1n) is 9.90. The molecule has 1 aliphatic carbocycles. The van der Waals surface area contributed by atoms with E-state index >= 15 is 0 Å². The lowest BCUT2D eigenvalue weighted by Gasteiger charge is -2.30. The second kappa shape index (κ2) is 6.51. The predicted molar refractivity (Wildman–Crippen MR) is 102 cm³/mol. The van der Waals surface area contributed by atoms with Crippen LogP contribution >= 0.6 is 0 Å². The number of carbonyl (C=O) groups is 1. The molecular formula is C21H24N4O2. The van der Waals surface area contributed by atoms with Gasteiger partial charge in [0.2, 0.25) is 0 Å². The minimum Gasteiger partial charge on any atom is -0.440 e. The second-order valence-electron chi connectivity index (χ2n) is 7.96. The number of aromatic nitrogens is 3. The number of amides is 1.